The van der Waals surface area contributed by atoms with E-state index in [1.165, 1.54) is 32.8 Å². The van der Waals surface area contributed by atoms with Crippen LogP contribution in [0.1, 0.15) is 83.5 Å². The van der Waals surface area contributed by atoms with E-state index >= 15 is 0 Å². The van der Waals surface area contributed by atoms with E-state index in [1.807, 2.05) is 6.08 Å². The highest BCUT2D eigenvalue weighted by Crippen LogP contribution is 2.32. The fraction of sp³-hybridized carbons (Fsp3) is 0.720. The van der Waals surface area contributed by atoms with Gasteiger partial charge in [0.15, 0.2) is 0 Å². The summed E-state index contributed by atoms with van der Waals surface area (Å²) >= 11 is 0. The zero-order valence-corrected chi connectivity index (χ0v) is 18.6. The largest absolute Gasteiger partial charge is 0.469 e. The van der Waals surface area contributed by atoms with Crippen LogP contribution >= 0.6 is 0 Å². The highest BCUT2D eigenvalue weighted by molar-refractivity contribution is 5.69. The Bertz CT molecular complexity index is 534. The summed E-state index contributed by atoms with van der Waals surface area (Å²) in [6.07, 6.45) is 24.5. The van der Waals surface area contributed by atoms with Crippen LogP contribution < -0.4 is 0 Å². The van der Waals surface area contributed by atoms with Gasteiger partial charge in [0.1, 0.15) is 12.2 Å². The molecule has 4 atom stereocenters. The lowest BCUT2D eigenvalue weighted by molar-refractivity contribution is -0.385. The molecule has 0 aromatic carbocycles. The Morgan fingerprint density at radius 2 is 1.63 bits per heavy atom. The Morgan fingerprint density at radius 3 is 2.37 bits per heavy atom. The molecule has 2 rings (SSSR count). The first-order chi connectivity index (χ1) is 14.7. The van der Waals surface area contributed by atoms with Crippen LogP contribution in [0, 0.1) is 0 Å². The molecule has 170 valence electrons. The monoisotopic (exact) mass is 420 g/mol. The summed E-state index contributed by atoms with van der Waals surface area (Å²) in [6.45, 7) is 3.72. The molecule has 2 aliphatic rings. The van der Waals surface area contributed by atoms with E-state index in [0.717, 1.165) is 51.4 Å². The molecule has 5 heteroatoms. The maximum atomic E-state index is 11.3. The Kier molecular flexibility index (Phi) is 12.7. The molecule has 0 bridgehead atoms. The van der Waals surface area contributed by atoms with E-state index in [4.69, 9.17) is 14.5 Å². The maximum Gasteiger partial charge on any atom is 0.308 e. The van der Waals surface area contributed by atoms with Gasteiger partial charge in [-0.05, 0) is 57.8 Å². The Hall–Kier alpha value is -1.43. The van der Waals surface area contributed by atoms with Gasteiger partial charge in [0.05, 0.1) is 25.7 Å². The summed E-state index contributed by atoms with van der Waals surface area (Å²) in [4.78, 5) is 22.3. The molecule has 2 saturated heterocycles. The molecule has 2 heterocycles. The number of hydrogen-bond donors (Lipinski definition) is 0. The van der Waals surface area contributed by atoms with Crippen LogP contribution in [-0.4, -0.2) is 37.5 Å². The van der Waals surface area contributed by atoms with E-state index in [9.17, 15) is 4.79 Å². The molecular formula is C25H40O5. The van der Waals surface area contributed by atoms with Crippen LogP contribution in [-0.2, 0) is 24.0 Å². The first-order valence-electron chi connectivity index (χ1n) is 11.7. The van der Waals surface area contributed by atoms with Gasteiger partial charge in [-0.3, -0.25) is 4.79 Å². The van der Waals surface area contributed by atoms with Gasteiger partial charge in [0.2, 0.25) is 0 Å². The molecule has 2 aliphatic heterocycles. The van der Waals surface area contributed by atoms with Gasteiger partial charge >= 0.3 is 5.97 Å². The van der Waals surface area contributed by atoms with Crippen LogP contribution in [0.25, 0.3) is 0 Å². The Labute approximate surface area is 182 Å². The Balaban J connectivity index is 1.46. The molecular weight excluding hydrogens is 380 g/mol. The van der Waals surface area contributed by atoms with Gasteiger partial charge in [-0.25, -0.2) is 9.78 Å². The SMILES string of the molecule is C=CCC/C=C/C=C\CCCCCC[C@H]1CC[C@H]([C@@H]2CC[C@@H](CC(=O)OC)OO2)O1. The van der Waals surface area contributed by atoms with Crippen molar-refractivity contribution in [2.45, 2.75) is 108 Å². The third-order valence-electron chi connectivity index (χ3n) is 5.83. The molecule has 0 saturated carbocycles. The predicted molar refractivity (Wildman–Crippen MR) is 119 cm³/mol. The average molecular weight is 421 g/mol. The highest BCUT2D eigenvalue weighted by atomic mass is 17.2. The number of esters is 1. The van der Waals surface area contributed by atoms with Crippen LogP contribution in [0.3, 0.4) is 0 Å². The van der Waals surface area contributed by atoms with Crippen molar-refractivity contribution in [2.75, 3.05) is 7.11 Å². The second kappa shape index (κ2) is 15.4. The molecule has 0 spiro atoms. The molecule has 0 amide bonds. The first kappa shape index (κ1) is 24.8. The molecule has 0 radical (unpaired) electrons. The lowest BCUT2D eigenvalue weighted by atomic mass is 10.0. The summed E-state index contributed by atoms with van der Waals surface area (Å²) in [5, 5.41) is 0. The van der Waals surface area contributed by atoms with E-state index in [2.05, 4.69) is 35.6 Å². The molecule has 0 unspecified atom stereocenters. The third-order valence-corrected chi connectivity index (χ3v) is 5.83. The van der Waals surface area contributed by atoms with Gasteiger partial charge < -0.3 is 9.47 Å². The lowest BCUT2D eigenvalue weighted by Crippen LogP contribution is -2.37. The van der Waals surface area contributed by atoms with E-state index < -0.39 is 0 Å². The number of hydrogen-bond acceptors (Lipinski definition) is 5. The Morgan fingerprint density at radius 1 is 0.900 bits per heavy atom. The number of carbonyl (C=O) groups excluding carboxylic acids is 1. The number of unbranched alkanes of at least 4 members (excludes halogenated alkanes) is 5. The fourth-order valence-corrected chi connectivity index (χ4v) is 4.02. The van der Waals surface area contributed by atoms with Crippen molar-refractivity contribution in [3.8, 4) is 0 Å². The average Bonchev–Trinajstić information content (AvgIpc) is 3.24. The van der Waals surface area contributed by atoms with Crippen molar-refractivity contribution in [2.24, 2.45) is 0 Å². The van der Waals surface area contributed by atoms with Gasteiger partial charge in [-0.15, -0.1) is 6.58 Å². The fourth-order valence-electron chi connectivity index (χ4n) is 4.02. The highest BCUT2D eigenvalue weighted by Gasteiger charge is 2.36. The standard InChI is InChI=1S/C25H40O5/c1-3-4-5-6-7-8-9-10-11-12-13-14-15-21-16-18-23(28-21)24-19-17-22(29-30-24)20-25(26)27-2/h3,6-9,21-24H,1,4-5,10-20H2,2H3/b7-6+,9-8-/t21-,22-,23+,24-/m0/s1. The first-order valence-corrected chi connectivity index (χ1v) is 11.7. The second-order valence-corrected chi connectivity index (χ2v) is 8.30. The van der Waals surface area contributed by atoms with E-state index in [0.29, 0.717) is 6.10 Å². The zero-order valence-electron chi connectivity index (χ0n) is 18.6. The van der Waals surface area contributed by atoms with Gasteiger partial charge in [-0.2, -0.15) is 0 Å². The number of allylic oxidation sites excluding steroid dienone is 5. The predicted octanol–water partition coefficient (Wildman–Crippen LogP) is 6.00. The van der Waals surface area contributed by atoms with Crippen LogP contribution in [0.15, 0.2) is 37.0 Å². The van der Waals surface area contributed by atoms with Gasteiger partial charge in [0, 0.05) is 0 Å². The maximum absolute atomic E-state index is 11.3. The molecule has 0 aliphatic carbocycles. The topological polar surface area (TPSA) is 54.0 Å². The minimum absolute atomic E-state index is 0.0125. The van der Waals surface area contributed by atoms with Crippen molar-refractivity contribution in [3.05, 3.63) is 37.0 Å². The second-order valence-electron chi connectivity index (χ2n) is 8.30. The van der Waals surface area contributed by atoms with E-state index in [1.54, 1.807) is 0 Å². The lowest BCUT2D eigenvalue weighted by Gasteiger charge is -2.30. The number of ether oxygens (including phenoxy) is 2. The molecule has 0 aromatic heterocycles. The van der Waals surface area contributed by atoms with E-state index in [-0.39, 0.29) is 30.7 Å². The normalized spacial score (nSPS) is 27.1. The van der Waals surface area contributed by atoms with Crippen LogP contribution in [0.2, 0.25) is 0 Å². The van der Waals surface area contributed by atoms with Crippen molar-refractivity contribution in [1.82, 2.24) is 0 Å². The minimum Gasteiger partial charge on any atom is -0.469 e. The van der Waals surface area contributed by atoms with Crippen molar-refractivity contribution in [3.63, 3.8) is 0 Å². The van der Waals surface area contributed by atoms with Crippen molar-refractivity contribution in [1.29, 1.82) is 0 Å². The summed E-state index contributed by atoms with van der Waals surface area (Å²) in [5.74, 6) is -0.258. The van der Waals surface area contributed by atoms with Gasteiger partial charge in [-0.1, -0.05) is 49.6 Å². The number of methoxy groups -OCH3 is 1. The summed E-state index contributed by atoms with van der Waals surface area (Å²) in [5.41, 5.74) is 0. The zero-order chi connectivity index (χ0) is 21.4. The smallest absolute Gasteiger partial charge is 0.308 e. The minimum atomic E-state index is -0.258. The molecule has 2 fully saturated rings. The van der Waals surface area contributed by atoms with Crippen molar-refractivity contribution >= 4 is 5.97 Å². The van der Waals surface area contributed by atoms with Crippen LogP contribution in [0.4, 0.5) is 0 Å². The number of rotatable bonds is 14. The molecule has 30 heavy (non-hydrogen) atoms. The molecule has 0 aromatic rings. The van der Waals surface area contributed by atoms with Crippen molar-refractivity contribution < 1.29 is 24.0 Å². The van der Waals surface area contributed by atoms with Crippen LogP contribution in [0.5, 0.6) is 0 Å². The molecule has 5 nitrogen and oxygen atoms in total. The third kappa shape index (κ3) is 10.1. The summed E-state index contributed by atoms with van der Waals surface area (Å²) < 4.78 is 10.9. The summed E-state index contributed by atoms with van der Waals surface area (Å²) in [7, 11) is 1.39. The quantitative estimate of drug-likeness (QED) is 0.113. The van der Waals surface area contributed by atoms with Gasteiger partial charge in [0.25, 0.3) is 0 Å². The number of carbonyl (C=O) groups is 1. The molecule has 0 N–H and O–H groups in total. The summed E-state index contributed by atoms with van der Waals surface area (Å²) in [6, 6.07) is 0.